The quantitative estimate of drug-likeness (QED) is 0.621. The van der Waals surface area contributed by atoms with Crippen molar-refractivity contribution < 1.29 is 0 Å². The van der Waals surface area contributed by atoms with E-state index in [4.69, 9.17) is 0 Å². The van der Waals surface area contributed by atoms with Crippen LogP contribution in [0.5, 0.6) is 0 Å². The fourth-order valence-electron chi connectivity index (χ4n) is 2.07. The largest absolute Gasteiger partial charge is 0.270 e. The Bertz CT molecular complexity index is 286. The molecule has 0 unspecified atom stereocenters. The van der Waals surface area contributed by atoms with Crippen molar-refractivity contribution >= 4 is 0 Å². The number of aromatic nitrogens is 2. The average Bonchev–Trinajstić information content (AvgIpc) is 2.44. The molecule has 0 atom stereocenters. The van der Waals surface area contributed by atoms with Crippen molar-refractivity contribution in [1.82, 2.24) is 9.78 Å². The SMILES string of the molecule is CCn1nc2c(c1C)CCCC2. The molecule has 1 aliphatic carbocycles. The maximum absolute atomic E-state index is 4.59. The summed E-state index contributed by atoms with van der Waals surface area (Å²) in [7, 11) is 0. The summed E-state index contributed by atoms with van der Waals surface area (Å²) in [4.78, 5) is 0. The van der Waals surface area contributed by atoms with Crippen molar-refractivity contribution in [3.05, 3.63) is 17.0 Å². The van der Waals surface area contributed by atoms with Gasteiger partial charge < -0.3 is 0 Å². The Hall–Kier alpha value is -0.790. The van der Waals surface area contributed by atoms with Gasteiger partial charge in [0, 0.05) is 12.2 Å². The van der Waals surface area contributed by atoms with Crippen molar-refractivity contribution in [1.29, 1.82) is 0 Å². The van der Waals surface area contributed by atoms with Crippen LogP contribution in [-0.2, 0) is 19.4 Å². The van der Waals surface area contributed by atoms with Gasteiger partial charge in [0.25, 0.3) is 0 Å². The molecule has 0 saturated carbocycles. The summed E-state index contributed by atoms with van der Waals surface area (Å²) in [6.07, 6.45) is 5.13. The lowest BCUT2D eigenvalue weighted by atomic mass is 9.96. The van der Waals surface area contributed by atoms with Gasteiger partial charge >= 0.3 is 0 Å². The molecule has 0 bridgehead atoms. The van der Waals surface area contributed by atoms with Gasteiger partial charge in [-0.3, -0.25) is 4.68 Å². The summed E-state index contributed by atoms with van der Waals surface area (Å²) in [5.74, 6) is 0. The average molecular weight is 164 g/mol. The Morgan fingerprint density at radius 2 is 2.08 bits per heavy atom. The molecule has 0 amide bonds. The van der Waals surface area contributed by atoms with Gasteiger partial charge in [-0.25, -0.2) is 0 Å². The molecule has 0 saturated heterocycles. The van der Waals surface area contributed by atoms with Crippen LogP contribution >= 0.6 is 0 Å². The molecule has 66 valence electrons. The monoisotopic (exact) mass is 164 g/mol. The Morgan fingerprint density at radius 3 is 2.75 bits per heavy atom. The summed E-state index contributed by atoms with van der Waals surface area (Å²) in [5, 5.41) is 4.59. The molecule has 0 fully saturated rings. The van der Waals surface area contributed by atoms with Gasteiger partial charge in [0.05, 0.1) is 5.69 Å². The van der Waals surface area contributed by atoms with Crippen molar-refractivity contribution in [3.8, 4) is 0 Å². The van der Waals surface area contributed by atoms with Gasteiger partial charge in [0.1, 0.15) is 0 Å². The molecule has 0 aliphatic heterocycles. The van der Waals surface area contributed by atoms with Gasteiger partial charge in [0.15, 0.2) is 0 Å². The highest BCUT2D eigenvalue weighted by Crippen LogP contribution is 2.23. The zero-order valence-corrected chi connectivity index (χ0v) is 7.93. The van der Waals surface area contributed by atoms with Crippen LogP contribution in [0, 0.1) is 6.92 Å². The molecule has 2 rings (SSSR count). The second kappa shape index (κ2) is 2.92. The first-order chi connectivity index (χ1) is 5.83. The third kappa shape index (κ3) is 1.06. The second-order valence-corrected chi connectivity index (χ2v) is 3.53. The number of fused-ring (bicyclic) bond motifs is 1. The van der Waals surface area contributed by atoms with E-state index in [1.54, 1.807) is 0 Å². The van der Waals surface area contributed by atoms with Crippen LogP contribution < -0.4 is 0 Å². The first-order valence-electron chi connectivity index (χ1n) is 4.88. The van der Waals surface area contributed by atoms with E-state index in [-0.39, 0.29) is 0 Å². The highest BCUT2D eigenvalue weighted by molar-refractivity contribution is 5.27. The van der Waals surface area contributed by atoms with E-state index in [9.17, 15) is 0 Å². The van der Waals surface area contributed by atoms with Crippen LogP contribution in [0.15, 0.2) is 0 Å². The zero-order valence-electron chi connectivity index (χ0n) is 7.93. The lowest BCUT2D eigenvalue weighted by molar-refractivity contribution is 0.622. The fourth-order valence-corrected chi connectivity index (χ4v) is 2.07. The standard InChI is InChI=1S/C10H16N2/c1-3-12-8(2)9-6-4-5-7-10(9)11-12/h3-7H2,1-2H3. The smallest absolute Gasteiger partial charge is 0.0659 e. The number of nitrogens with zero attached hydrogens (tertiary/aromatic N) is 2. The number of hydrogen-bond acceptors (Lipinski definition) is 1. The van der Waals surface area contributed by atoms with Crippen molar-refractivity contribution in [3.63, 3.8) is 0 Å². The summed E-state index contributed by atoms with van der Waals surface area (Å²) in [5.41, 5.74) is 4.29. The van der Waals surface area contributed by atoms with Crippen LogP contribution in [0.25, 0.3) is 0 Å². The van der Waals surface area contributed by atoms with E-state index in [0.717, 1.165) is 6.54 Å². The normalized spacial score (nSPS) is 16.2. The van der Waals surface area contributed by atoms with Gasteiger partial charge in [-0.1, -0.05) is 0 Å². The predicted octanol–water partition coefficient (Wildman–Crippen LogP) is 2.09. The van der Waals surface area contributed by atoms with Crippen LogP contribution in [0.2, 0.25) is 0 Å². The molecule has 2 heteroatoms. The summed E-state index contributed by atoms with van der Waals surface area (Å²) >= 11 is 0. The zero-order chi connectivity index (χ0) is 8.55. The summed E-state index contributed by atoms with van der Waals surface area (Å²) in [6.45, 7) is 5.37. The Morgan fingerprint density at radius 1 is 1.33 bits per heavy atom. The Labute approximate surface area is 73.6 Å². The van der Waals surface area contributed by atoms with Gasteiger partial charge in [-0.05, 0) is 45.1 Å². The molecular weight excluding hydrogens is 148 g/mol. The third-order valence-electron chi connectivity index (χ3n) is 2.80. The molecule has 12 heavy (non-hydrogen) atoms. The summed E-state index contributed by atoms with van der Waals surface area (Å²) < 4.78 is 2.13. The summed E-state index contributed by atoms with van der Waals surface area (Å²) in [6, 6.07) is 0. The van der Waals surface area contributed by atoms with E-state index in [1.165, 1.54) is 42.6 Å². The minimum Gasteiger partial charge on any atom is -0.270 e. The van der Waals surface area contributed by atoms with E-state index in [2.05, 4.69) is 23.6 Å². The first kappa shape index (κ1) is 7.84. The maximum atomic E-state index is 4.59. The molecule has 1 aromatic rings. The molecule has 0 aromatic carbocycles. The maximum Gasteiger partial charge on any atom is 0.0659 e. The predicted molar refractivity (Wildman–Crippen MR) is 49.3 cm³/mol. The molecule has 1 aliphatic rings. The van der Waals surface area contributed by atoms with Gasteiger partial charge in [-0.2, -0.15) is 5.10 Å². The van der Waals surface area contributed by atoms with E-state index in [1.807, 2.05) is 0 Å². The highest BCUT2D eigenvalue weighted by atomic mass is 15.3. The van der Waals surface area contributed by atoms with Crippen LogP contribution in [-0.4, -0.2) is 9.78 Å². The second-order valence-electron chi connectivity index (χ2n) is 3.53. The van der Waals surface area contributed by atoms with Crippen molar-refractivity contribution in [2.24, 2.45) is 0 Å². The number of rotatable bonds is 1. The van der Waals surface area contributed by atoms with Crippen LogP contribution in [0.4, 0.5) is 0 Å². The van der Waals surface area contributed by atoms with Gasteiger partial charge in [-0.15, -0.1) is 0 Å². The van der Waals surface area contributed by atoms with E-state index in [0.29, 0.717) is 0 Å². The number of aryl methyl sites for hydroxylation is 2. The first-order valence-corrected chi connectivity index (χ1v) is 4.88. The Kier molecular flexibility index (Phi) is 1.91. The Balaban J connectivity index is 2.44. The topological polar surface area (TPSA) is 17.8 Å². The minimum atomic E-state index is 1.01. The molecule has 1 heterocycles. The molecule has 0 N–H and O–H groups in total. The lowest BCUT2D eigenvalue weighted by Gasteiger charge is -2.08. The van der Waals surface area contributed by atoms with Crippen molar-refractivity contribution in [2.45, 2.75) is 46.1 Å². The molecular formula is C10H16N2. The molecule has 0 spiro atoms. The van der Waals surface area contributed by atoms with Crippen LogP contribution in [0.3, 0.4) is 0 Å². The molecule has 2 nitrogen and oxygen atoms in total. The van der Waals surface area contributed by atoms with Crippen molar-refractivity contribution in [2.75, 3.05) is 0 Å². The highest BCUT2D eigenvalue weighted by Gasteiger charge is 2.16. The van der Waals surface area contributed by atoms with E-state index < -0.39 is 0 Å². The van der Waals surface area contributed by atoms with E-state index >= 15 is 0 Å². The minimum absolute atomic E-state index is 1.01. The van der Waals surface area contributed by atoms with Gasteiger partial charge in [0.2, 0.25) is 0 Å². The third-order valence-corrected chi connectivity index (χ3v) is 2.80. The molecule has 0 radical (unpaired) electrons. The molecule has 1 aromatic heterocycles. The van der Waals surface area contributed by atoms with Crippen LogP contribution in [0.1, 0.15) is 36.7 Å². The lowest BCUT2D eigenvalue weighted by Crippen LogP contribution is -2.00. The fraction of sp³-hybridized carbons (Fsp3) is 0.700. The number of hydrogen-bond donors (Lipinski definition) is 0.